The number of nitrogens with one attached hydrogen (secondary N) is 1. The number of halogens is 4. The van der Waals surface area contributed by atoms with Crippen molar-refractivity contribution in [3.8, 4) is 0 Å². The Balaban J connectivity index is 0.000000567. The predicted molar refractivity (Wildman–Crippen MR) is 64.2 cm³/mol. The van der Waals surface area contributed by atoms with Crippen molar-refractivity contribution in [3.63, 3.8) is 0 Å². The molecule has 10 heteroatoms. The number of carboxylic acid groups (broad SMARTS) is 2. The lowest BCUT2D eigenvalue weighted by atomic mass is 10.2. The third-order valence-electron chi connectivity index (χ3n) is 1.98. The third-order valence-corrected chi connectivity index (χ3v) is 1.98. The molecule has 21 heavy (non-hydrogen) atoms. The Bertz CT molecular complexity index is 481. The van der Waals surface area contributed by atoms with Gasteiger partial charge in [0, 0.05) is 12.2 Å². The zero-order valence-electron chi connectivity index (χ0n) is 10.4. The van der Waals surface area contributed by atoms with E-state index in [4.69, 9.17) is 25.5 Å². The summed E-state index contributed by atoms with van der Waals surface area (Å²) in [5.41, 5.74) is 5.03. The van der Waals surface area contributed by atoms with Gasteiger partial charge in [-0.2, -0.15) is 13.2 Å². The number of alkyl halides is 3. The highest BCUT2D eigenvalue weighted by Gasteiger charge is 2.38. The molecule has 0 bridgehead atoms. The summed E-state index contributed by atoms with van der Waals surface area (Å²) in [6.07, 6.45) is -4.44. The van der Waals surface area contributed by atoms with Gasteiger partial charge in [-0.1, -0.05) is 6.07 Å². The van der Waals surface area contributed by atoms with Crippen molar-refractivity contribution in [1.29, 1.82) is 0 Å². The molecule has 0 aliphatic carbocycles. The molecular formula is C11H12F4N2O4. The van der Waals surface area contributed by atoms with Gasteiger partial charge in [0.05, 0.1) is 0 Å². The van der Waals surface area contributed by atoms with E-state index in [1.165, 1.54) is 12.1 Å². The number of anilines is 1. The number of rotatable bonds is 3. The Morgan fingerprint density at radius 1 is 1.24 bits per heavy atom. The van der Waals surface area contributed by atoms with Crippen LogP contribution in [-0.2, 0) is 9.59 Å². The van der Waals surface area contributed by atoms with Crippen LogP contribution >= 0.6 is 0 Å². The molecule has 1 aromatic rings. The zero-order valence-corrected chi connectivity index (χ0v) is 10.4. The summed E-state index contributed by atoms with van der Waals surface area (Å²) in [4.78, 5) is 18.2. The van der Waals surface area contributed by atoms with Gasteiger partial charge in [-0.25, -0.2) is 14.0 Å². The van der Waals surface area contributed by atoms with E-state index < -0.39 is 36.5 Å². The van der Waals surface area contributed by atoms with Gasteiger partial charge < -0.3 is 21.3 Å². The number of hydrogen-bond donors (Lipinski definition) is 4. The lowest BCUT2D eigenvalue weighted by molar-refractivity contribution is -0.159. The monoisotopic (exact) mass is 312 g/mol. The second kappa shape index (κ2) is 8.04. The van der Waals surface area contributed by atoms with E-state index in [2.05, 4.69) is 5.32 Å². The van der Waals surface area contributed by atoms with Crippen LogP contribution in [0.15, 0.2) is 24.3 Å². The molecule has 0 amide bonds. The maximum Gasteiger partial charge on any atom is 0.414 e. The van der Waals surface area contributed by atoms with Gasteiger partial charge in [-0.15, -0.1) is 0 Å². The highest BCUT2D eigenvalue weighted by molar-refractivity contribution is 6.27. The quantitative estimate of drug-likeness (QED) is 0.494. The van der Waals surface area contributed by atoms with Crippen molar-refractivity contribution >= 4 is 17.6 Å². The second-order valence-corrected chi connectivity index (χ2v) is 3.59. The molecule has 0 aliphatic heterocycles. The van der Waals surface area contributed by atoms with E-state index in [0.717, 1.165) is 12.1 Å². The van der Waals surface area contributed by atoms with Crippen LogP contribution in [0.25, 0.3) is 0 Å². The number of carboxylic acids is 2. The number of aliphatic carboxylic acids is 2. The molecule has 0 saturated carbocycles. The molecule has 0 aromatic heterocycles. The van der Waals surface area contributed by atoms with Crippen molar-refractivity contribution in [2.75, 3.05) is 11.9 Å². The van der Waals surface area contributed by atoms with Crippen molar-refractivity contribution in [2.24, 2.45) is 5.73 Å². The normalized spacial score (nSPS) is 11.9. The molecule has 0 aliphatic rings. The van der Waals surface area contributed by atoms with E-state index in [9.17, 15) is 17.6 Å². The van der Waals surface area contributed by atoms with E-state index in [-0.39, 0.29) is 5.69 Å². The maximum absolute atomic E-state index is 12.7. The summed E-state index contributed by atoms with van der Waals surface area (Å²) in [6.45, 7) is -0.597. The summed E-state index contributed by atoms with van der Waals surface area (Å²) in [7, 11) is 0. The first-order valence-corrected chi connectivity index (χ1v) is 5.33. The number of carbonyl (C=O) groups is 2. The van der Waals surface area contributed by atoms with Crippen LogP contribution in [0.1, 0.15) is 0 Å². The first kappa shape index (κ1) is 18.6. The summed E-state index contributed by atoms with van der Waals surface area (Å²) in [5.74, 6) is -4.25. The van der Waals surface area contributed by atoms with Gasteiger partial charge in [0.25, 0.3) is 0 Å². The van der Waals surface area contributed by atoms with E-state index in [0.29, 0.717) is 0 Å². The molecule has 1 atom stereocenters. The summed E-state index contributed by atoms with van der Waals surface area (Å²) in [5, 5.41) is 16.9. The molecule has 0 spiro atoms. The molecule has 1 rings (SSSR count). The molecule has 0 fully saturated rings. The van der Waals surface area contributed by atoms with Gasteiger partial charge in [0.1, 0.15) is 11.9 Å². The summed E-state index contributed by atoms with van der Waals surface area (Å²) < 4.78 is 49.5. The van der Waals surface area contributed by atoms with Crippen LogP contribution in [0.4, 0.5) is 23.2 Å². The van der Waals surface area contributed by atoms with Crippen molar-refractivity contribution < 1.29 is 37.4 Å². The van der Waals surface area contributed by atoms with Crippen LogP contribution in [-0.4, -0.2) is 40.9 Å². The molecule has 0 saturated heterocycles. The highest BCUT2D eigenvalue weighted by Crippen LogP contribution is 2.23. The average Bonchev–Trinajstić information content (AvgIpc) is 2.35. The van der Waals surface area contributed by atoms with Gasteiger partial charge >= 0.3 is 18.1 Å². The van der Waals surface area contributed by atoms with Gasteiger partial charge in [0.15, 0.2) is 0 Å². The molecule has 5 N–H and O–H groups in total. The van der Waals surface area contributed by atoms with Gasteiger partial charge in [-0.3, -0.25) is 0 Å². The third kappa shape index (κ3) is 7.72. The summed E-state index contributed by atoms with van der Waals surface area (Å²) >= 11 is 0. The second-order valence-electron chi connectivity index (χ2n) is 3.59. The Kier molecular flexibility index (Phi) is 7.14. The van der Waals surface area contributed by atoms with Crippen LogP contribution in [0.2, 0.25) is 0 Å². The Hall–Kier alpha value is -2.36. The first-order chi connectivity index (χ1) is 9.57. The topological polar surface area (TPSA) is 113 Å². The highest BCUT2D eigenvalue weighted by atomic mass is 19.4. The van der Waals surface area contributed by atoms with E-state index >= 15 is 0 Å². The average molecular weight is 312 g/mol. The maximum atomic E-state index is 12.7. The zero-order chi connectivity index (χ0) is 16.6. The fourth-order valence-corrected chi connectivity index (χ4v) is 1.05. The minimum Gasteiger partial charge on any atom is -0.473 e. The lowest BCUT2D eigenvalue weighted by Gasteiger charge is -2.20. The molecule has 6 nitrogen and oxygen atoms in total. The minimum atomic E-state index is -4.44. The van der Waals surface area contributed by atoms with E-state index in [1.54, 1.807) is 0 Å². The van der Waals surface area contributed by atoms with Crippen molar-refractivity contribution in [3.05, 3.63) is 30.1 Å². The minimum absolute atomic E-state index is 0.0581. The predicted octanol–water partition coefficient (Wildman–Crippen LogP) is 1.28. The van der Waals surface area contributed by atoms with Crippen LogP contribution < -0.4 is 11.1 Å². The molecule has 1 aromatic carbocycles. The van der Waals surface area contributed by atoms with E-state index in [1.807, 2.05) is 0 Å². The Morgan fingerprint density at radius 2 is 1.76 bits per heavy atom. The standard InChI is InChI=1S/C9H10F4N2.C2H2O4/c10-6-2-1-3-7(4-6)15-8(5-14)9(11,12)13;3-1(4)2(5)6/h1-4,8,15H,5,14H2;(H,3,4)(H,5,6). The largest absolute Gasteiger partial charge is 0.473 e. The smallest absolute Gasteiger partial charge is 0.414 e. The Morgan fingerprint density at radius 3 is 2.10 bits per heavy atom. The summed E-state index contributed by atoms with van der Waals surface area (Å²) in [6, 6.07) is 2.93. The first-order valence-electron chi connectivity index (χ1n) is 5.33. The van der Waals surface area contributed by atoms with Crippen molar-refractivity contribution in [2.45, 2.75) is 12.2 Å². The fourth-order valence-electron chi connectivity index (χ4n) is 1.05. The lowest BCUT2D eigenvalue weighted by Crippen LogP contribution is -2.42. The van der Waals surface area contributed by atoms with Gasteiger partial charge in [0.2, 0.25) is 0 Å². The number of benzene rings is 1. The molecule has 0 heterocycles. The number of hydrogen-bond acceptors (Lipinski definition) is 4. The van der Waals surface area contributed by atoms with Crippen molar-refractivity contribution in [1.82, 2.24) is 0 Å². The Labute approximate surface area is 116 Å². The molecule has 0 radical (unpaired) electrons. The van der Waals surface area contributed by atoms with Crippen LogP contribution in [0, 0.1) is 5.82 Å². The van der Waals surface area contributed by atoms with Crippen LogP contribution in [0.5, 0.6) is 0 Å². The van der Waals surface area contributed by atoms with Gasteiger partial charge in [-0.05, 0) is 18.2 Å². The van der Waals surface area contributed by atoms with Crippen LogP contribution in [0.3, 0.4) is 0 Å². The molecule has 118 valence electrons. The molecular weight excluding hydrogens is 300 g/mol. The fraction of sp³-hybridized carbons (Fsp3) is 0.273. The SMILES string of the molecule is NCC(Nc1cccc(F)c1)C(F)(F)F.O=C(O)C(=O)O. The number of nitrogens with two attached hydrogens (primary N) is 1. The molecule has 1 unspecified atom stereocenters.